The molecule has 0 bridgehead atoms. The summed E-state index contributed by atoms with van der Waals surface area (Å²) in [6.07, 6.45) is 2.44. The van der Waals surface area contributed by atoms with Crippen molar-refractivity contribution >= 4 is 40.5 Å². The summed E-state index contributed by atoms with van der Waals surface area (Å²) in [5.41, 5.74) is 12.5. The molecule has 4 amide bonds. The molecule has 0 aliphatic rings. The number of nitrogens with two attached hydrogens (primary N) is 2. The Balaban J connectivity index is 2.36. The summed E-state index contributed by atoms with van der Waals surface area (Å²) in [6, 6.07) is 2.86. The third kappa shape index (κ3) is 8.54. The van der Waals surface area contributed by atoms with Crippen LogP contribution in [0.1, 0.15) is 52.5 Å². The fourth-order valence-electron chi connectivity index (χ4n) is 4.20. The van der Waals surface area contributed by atoms with Gasteiger partial charge in [-0.25, -0.2) is 4.79 Å². The number of hydrogen-bond acceptors (Lipinski definition) is 6. The number of aromatic nitrogens is 1. The van der Waals surface area contributed by atoms with Crippen molar-refractivity contribution in [3.63, 3.8) is 0 Å². The highest BCUT2D eigenvalue weighted by Crippen LogP contribution is 2.20. The molecule has 1 aromatic carbocycles. The van der Waals surface area contributed by atoms with Gasteiger partial charge in [0.1, 0.15) is 18.1 Å². The van der Waals surface area contributed by atoms with E-state index in [4.69, 9.17) is 11.5 Å². The van der Waals surface area contributed by atoms with Crippen LogP contribution in [0.3, 0.4) is 0 Å². The van der Waals surface area contributed by atoms with Gasteiger partial charge >= 0.3 is 5.97 Å². The first-order chi connectivity index (χ1) is 18.4. The maximum Gasteiger partial charge on any atom is 0.326 e. The number of H-pyrrole nitrogens is 1. The van der Waals surface area contributed by atoms with Crippen molar-refractivity contribution in [3.8, 4) is 0 Å². The molecule has 214 valence electrons. The average molecular weight is 545 g/mol. The predicted molar refractivity (Wildman–Crippen MR) is 146 cm³/mol. The van der Waals surface area contributed by atoms with Crippen LogP contribution < -0.4 is 27.4 Å². The zero-order valence-corrected chi connectivity index (χ0v) is 22.8. The van der Waals surface area contributed by atoms with Gasteiger partial charge in [-0.05, 0) is 23.5 Å². The van der Waals surface area contributed by atoms with Crippen LogP contribution in [0.2, 0.25) is 0 Å². The fourth-order valence-corrected chi connectivity index (χ4v) is 4.20. The van der Waals surface area contributed by atoms with Gasteiger partial charge in [0.15, 0.2) is 0 Å². The number of rotatable bonds is 15. The molecule has 2 aromatic rings. The number of nitrogens with one attached hydrogen (secondary N) is 4. The Labute approximate surface area is 227 Å². The lowest BCUT2D eigenvalue weighted by Gasteiger charge is -2.28. The molecule has 0 fully saturated rings. The Kier molecular flexibility index (Phi) is 11.5. The first kappa shape index (κ1) is 31.3. The van der Waals surface area contributed by atoms with E-state index < -0.39 is 60.2 Å². The number of carboxylic acid groups (broad SMARTS) is 1. The monoisotopic (exact) mass is 544 g/mol. The fraction of sp³-hybridized carbons (Fsp3) is 0.519. The van der Waals surface area contributed by atoms with E-state index in [2.05, 4.69) is 20.9 Å². The Bertz CT molecular complexity index is 1180. The van der Waals surface area contributed by atoms with Gasteiger partial charge in [0.25, 0.3) is 0 Å². The molecule has 6 atom stereocenters. The molecule has 0 aliphatic heterocycles. The minimum absolute atomic E-state index is 0.0663. The summed E-state index contributed by atoms with van der Waals surface area (Å²) in [5, 5.41) is 18.4. The number of benzene rings is 1. The molecule has 0 aliphatic carbocycles. The molecule has 0 saturated heterocycles. The second kappa shape index (κ2) is 14.3. The van der Waals surface area contributed by atoms with Crippen molar-refractivity contribution in [1.29, 1.82) is 0 Å². The number of fused-ring (bicyclic) bond motifs is 1. The van der Waals surface area contributed by atoms with E-state index in [9.17, 15) is 29.1 Å². The van der Waals surface area contributed by atoms with Crippen LogP contribution in [0.5, 0.6) is 0 Å². The third-order valence-corrected chi connectivity index (χ3v) is 7.06. The molecule has 2 rings (SSSR count). The number of carbonyl (C=O) groups excluding carboxylic acids is 4. The number of para-hydroxylation sites is 1. The zero-order valence-electron chi connectivity index (χ0n) is 22.8. The summed E-state index contributed by atoms with van der Waals surface area (Å²) in [6.45, 7) is 7.12. The lowest BCUT2D eigenvalue weighted by Crippen LogP contribution is -2.59. The molecule has 9 N–H and O–H groups in total. The summed E-state index contributed by atoms with van der Waals surface area (Å²) in [4.78, 5) is 65.7. The smallest absolute Gasteiger partial charge is 0.326 e. The summed E-state index contributed by atoms with van der Waals surface area (Å²) in [5.74, 6) is -4.67. The topological polar surface area (TPSA) is 210 Å². The lowest BCUT2D eigenvalue weighted by atomic mass is 9.96. The SMILES string of the molecule is CCC(C)C(NC(=O)C(Cc1c[nH]c2ccccc12)NC(=O)C(NC(=O)C(N)CC(N)=O)C(C)CC)C(=O)O. The molecule has 6 unspecified atom stereocenters. The molecule has 0 radical (unpaired) electrons. The Morgan fingerprint density at radius 3 is 2.08 bits per heavy atom. The Hall–Kier alpha value is -3.93. The standard InChI is InChI=1S/C27H40N6O6/c1-5-14(3)22(32-24(35)18(28)12-21(29)34)26(37)31-20(25(36)33-23(27(38)39)15(4)6-2)11-16-13-30-19-10-8-7-9-17(16)19/h7-10,13-15,18,20,22-23,30H,5-6,11-12,28H2,1-4H3,(H2,29,34)(H,31,37)(H,32,35)(H,33,36)(H,38,39). The highest BCUT2D eigenvalue weighted by Gasteiger charge is 2.34. The van der Waals surface area contributed by atoms with Crippen molar-refractivity contribution in [3.05, 3.63) is 36.0 Å². The number of primary amides is 1. The van der Waals surface area contributed by atoms with Gasteiger partial charge in [-0.1, -0.05) is 58.7 Å². The maximum atomic E-state index is 13.5. The molecule has 1 heterocycles. The highest BCUT2D eigenvalue weighted by atomic mass is 16.4. The first-order valence-electron chi connectivity index (χ1n) is 13.1. The number of aliphatic carboxylic acids is 1. The summed E-state index contributed by atoms with van der Waals surface area (Å²) in [7, 11) is 0. The molecule has 12 heteroatoms. The largest absolute Gasteiger partial charge is 0.480 e. The van der Waals surface area contributed by atoms with Gasteiger partial charge in [0.2, 0.25) is 23.6 Å². The molecular formula is C27H40N6O6. The van der Waals surface area contributed by atoms with E-state index in [1.54, 1.807) is 20.0 Å². The van der Waals surface area contributed by atoms with E-state index in [-0.39, 0.29) is 18.3 Å². The molecular weight excluding hydrogens is 504 g/mol. The van der Waals surface area contributed by atoms with Crippen LogP contribution in [0.15, 0.2) is 30.5 Å². The number of carbonyl (C=O) groups is 5. The Morgan fingerprint density at radius 2 is 1.49 bits per heavy atom. The Morgan fingerprint density at radius 1 is 0.897 bits per heavy atom. The third-order valence-electron chi connectivity index (χ3n) is 7.06. The van der Waals surface area contributed by atoms with E-state index in [1.165, 1.54) is 0 Å². The van der Waals surface area contributed by atoms with Gasteiger partial charge in [-0.3, -0.25) is 19.2 Å². The van der Waals surface area contributed by atoms with E-state index in [0.29, 0.717) is 12.8 Å². The maximum absolute atomic E-state index is 13.5. The van der Waals surface area contributed by atoms with Crippen molar-refractivity contribution in [2.24, 2.45) is 23.3 Å². The van der Waals surface area contributed by atoms with Crippen LogP contribution in [0, 0.1) is 11.8 Å². The van der Waals surface area contributed by atoms with Crippen LogP contribution in [0.4, 0.5) is 0 Å². The summed E-state index contributed by atoms with van der Waals surface area (Å²) < 4.78 is 0. The van der Waals surface area contributed by atoms with E-state index in [0.717, 1.165) is 16.5 Å². The average Bonchev–Trinajstić information content (AvgIpc) is 3.30. The van der Waals surface area contributed by atoms with Crippen molar-refractivity contribution in [2.75, 3.05) is 0 Å². The number of aromatic amines is 1. The normalized spacial score (nSPS) is 15.8. The van der Waals surface area contributed by atoms with E-state index in [1.807, 2.05) is 38.1 Å². The zero-order chi connectivity index (χ0) is 29.3. The molecule has 12 nitrogen and oxygen atoms in total. The van der Waals surface area contributed by atoms with Crippen molar-refractivity contribution in [2.45, 2.75) is 77.5 Å². The molecule has 39 heavy (non-hydrogen) atoms. The van der Waals surface area contributed by atoms with Gasteiger partial charge in [0.05, 0.1) is 12.5 Å². The van der Waals surface area contributed by atoms with Gasteiger partial charge in [-0.15, -0.1) is 0 Å². The lowest BCUT2D eigenvalue weighted by molar-refractivity contribution is -0.143. The van der Waals surface area contributed by atoms with Crippen molar-refractivity contribution in [1.82, 2.24) is 20.9 Å². The quantitative estimate of drug-likeness (QED) is 0.169. The molecule has 0 saturated carbocycles. The predicted octanol–water partition coefficient (Wildman–Crippen LogP) is 0.544. The van der Waals surface area contributed by atoms with Crippen LogP contribution in [-0.2, 0) is 30.4 Å². The second-order valence-corrected chi connectivity index (χ2v) is 9.98. The van der Waals surface area contributed by atoms with Gasteiger partial charge in [0, 0.05) is 23.5 Å². The minimum Gasteiger partial charge on any atom is -0.480 e. The second-order valence-electron chi connectivity index (χ2n) is 9.98. The molecule has 0 spiro atoms. The van der Waals surface area contributed by atoms with E-state index >= 15 is 0 Å². The van der Waals surface area contributed by atoms with Crippen LogP contribution >= 0.6 is 0 Å². The minimum atomic E-state index is -1.24. The van der Waals surface area contributed by atoms with Crippen LogP contribution in [-0.4, -0.2) is 63.9 Å². The number of carboxylic acids is 1. The van der Waals surface area contributed by atoms with Gasteiger partial charge in [-0.2, -0.15) is 0 Å². The number of hydrogen-bond donors (Lipinski definition) is 7. The number of amides is 4. The van der Waals surface area contributed by atoms with Crippen molar-refractivity contribution < 1.29 is 29.1 Å². The highest BCUT2D eigenvalue weighted by molar-refractivity contribution is 5.95. The first-order valence-corrected chi connectivity index (χ1v) is 13.1. The summed E-state index contributed by atoms with van der Waals surface area (Å²) >= 11 is 0. The van der Waals surface area contributed by atoms with Crippen LogP contribution in [0.25, 0.3) is 10.9 Å². The molecule has 1 aromatic heterocycles. The van der Waals surface area contributed by atoms with Gasteiger partial charge < -0.3 is 37.5 Å².